The van der Waals surface area contributed by atoms with Gasteiger partial charge in [0.05, 0.1) is 0 Å². The molecule has 0 radical (unpaired) electrons. The number of anilines is 1. The number of para-hydroxylation sites is 1. The van der Waals surface area contributed by atoms with Gasteiger partial charge in [-0.25, -0.2) is 0 Å². The van der Waals surface area contributed by atoms with Crippen LogP contribution in [0.4, 0.5) is 5.69 Å². The van der Waals surface area contributed by atoms with Crippen molar-refractivity contribution in [1.29, 1.82) is 0 Å². The largest absolute Gasteiger partial charge is 0.490 e. The van der Waals surface area contributed by atoms with Crippen molar-refractivity contribution in [3.05, 3.63) is 24.3 Å². The number of carbonyl (C=O) groups is 1. The van der Waals surface area contributed by atoms with E-state index in [1.165, 1.54) is 0 Å². The average Bonchev–Trinajstić information content (AvgIpc) is 2.41. The number of ether oxygens (including phenoxy) is 1. The number of carbonyl (C=O) groups excluding carboxylic acids is 1. The summed E-state index contributed by atoms with van der Waals surface area (Å²) in [6, 6.07) is 6.60. The Hall–Kier alpha value is -1.37. The Kier molecular flexibility index (Phi) is 11.8. The summed E-state index contributed by atoms with van der Waals surface area (Å²) in [6.07, 6.45) is 0. The number of rotatable bonds is 2. The Morgan fingerprint density at radius 3 is 1.95 bits per heavy atom. The average molecular weight is 297 g/mol. The van der Waals surface area contributed by atoms with Gasteiger partial charge in [0.25, 0.3) is 0 Å². The minimum absolute atomic E-state index is 0.166. The predicted octanol–water partition coefficient (Wildman–Crippen LogP) is 1.64. The van der Waals surface area contributed by atoms with Gasteiger partial charge in [-0.15, -0.1) is 0 Å². The highest BCUT2D eigenvalue weighted by molar-refractivity contribution is 6.60. The van der Waals surface area contributed by atoms with Gasteiger partial charge in [0.1, 0.15) is 0 Å². The van der Waals surface area contributed by atoms with Crippen molar-refractivity contribution in [2.45, 2.75) is 34.6 Å². The third kappa shape index (κ3) is 9.23. The van der Waals surface area contributed by atoms with E-state index >= 15 is 0 Å². The number of nitrogens with one attached hydrogen (secondary N) is 1. The van der Waals surface area contributed by atoms with Crippen LogP contribution >= 0.6 is 0 Å². The number of methoxy groups -OCH3 is 1. The first-order valence-corrected chi connectivity index (χ1v) is 6.90. The van der Waals surface area contributed by atoms with Gasteiger partial charge < -0.3 is 20.1 Å². The Morgan fingerprint density at radius 1 is 1.14 bits per heavy atom. The van der Waals surface area contributed by atoms with Crippen molar-refractivity contribution in [3.63, 3.8) is 0 Å². The van der Waals surface area contributed by atoms with Gasteiger partial charge in [-0.1, -0.05) is 52.8 Å². The molecule has 0 saturated carbocycles. The molecule has 1 rings (SSSR count). The van der Waals surface area contributed by atoms with Gasteiger partial charge in [0.15, 0.2) is 0 Å². The zero-order chi connectivity index (χ0) is 17.1. The van der Waals surface area contributed by atoms with Gasteiger partial charge in [0.2, 0.25) is 5.91 Å². The van der Waals surface area contributed by atoms with Crippen LogP contribution in [0.15, 0.2) is 24.3 Å². The molecule has 0 saturated heterocycles. The molecule has 5 nitrogen and oxygen atoms in total. The second kappa shape index (κ2) is 11.3. The molecule has 0 aliphatic carbocycles. The Balaban J connectivity index is 0. The number of benzene rings is 1. The monoisotopic (exact) mass is 297 g/mol. The van der Waals surface area contributed by atoms with E-state index in [9.17, 15) is 4.79 Å². The van der Waals surface area contributed by atoms with Crippen molar-refractivity contribution in [2.75, 3.05) is 19.5 Å². The number of hydrogen-bond donors (Lipinski definition) is 3. The second-order valence-corrected chi connectivity index (χ2v) is 5.07. The summed E-state index contributed by atoms with van der Waals surface area (Å²) < 4.78 is 4.25. The van der Waals surface area contributed by atoms with Crippen molar-refractivity contribution < 1.29 is 19.6 Å². The highest BCUT2D eigenvalue weighted by atomic mass is 16.4. The van der Waals surface area contributed by atoms with Crippen LogP contribution in [0.1, 0.15) is 34.6 Å². The minimum atomic E-state index is -1.59. The molecular weight excluding hydrogens is 269 g/mol. The molecule has 21 heavy (non-hydrogen) atoms. The molecule has 1 aromatic carbocycles. The van der Waals surface area contributed by atoms with E-state index < -0.39 is 12.5 Å². The van der Waals surface area contributed by atoms with E-state index in [1.54, 1.807) is 59.3 Å². The van der Waals surface area contributed by atoms with E-state index in [0.29, 0.717) is 11.2 Å². The Bertz CT molecular complexity index is 403. The first kappa shape index (κ1) is 21.9. The molecule has 0 fully saturated rings. The highest BCUT2D eigenvalue weighted by Gasteiger charge is 2.23. The molecule has 0 spiro atoms. The summed E-state index contributed by atoms with van der Waals surface area (Å²) in [5.41, 5.74) is 0.200. The quantitative estimate of drug-likeness (QED) is 0.725. The van der Waals surface area contributed by atoms with Crippen LogP contribution in [-0.2, 0) is 9.53 Å². The van der Waals surface area contributed by atoms with Gasteiger partial charge >= 0.3 is 7.12 Å². The van der Waals surface area contributed by atoms with Crippen LogP contribution in [0.25, 0.3) is 0 Å². The SMILES string of the molecule is CC.CC(C)(C)C(=O)Nc1ccccc1B(O)O.COC. The smallest absolute Gasteiger partial charge is 0.423 e. The second-order valence-electron chi connectivity index (χ2n) is 5.07. The van der Waals surface area contributed by atoms with Crippen LogP contribution in [-0.4, -0.2) is 37.3 Å². The molecule has 0 atom stereocenters. The van der Waals surface area contributed by atoms with Crippen LogP contribution in [0.2, 0.25) is 0 Å². The molecule has 3 N–H and O–H groups in total. The van der Waals surface area contributed by atoms with Crippen LogP contribution < -0.4 is 10.8 Å². The third-order valence-electron chi connectivity index (χ3n) is 2.17. The molecule has 1 amide bonds. The fourth-order valence-electron chi connectivity index (χ4n) is 1.15. The number of amides is 1. The maximum Gasteiger partial charge on any atom is 0.490 e. The van der Waals surface area contributed by atoms with Crippen molar-refractivity contribution in [1.82, 2.24) is 0 Å². The Morgan fingerprint density at radius 2 is 1.57 bits per heavy atom. The molecule has 0 unspecified atom stereocenters. The summed E-state index contributed by atoms with van der Waals surface area (Å²) >= 11 is 0. The molecule has 6 heteroatoms. The zero-order valence-corrected chi connectivity index (χ0v) is 14.1. The topological polar surface area (TPSA) is 78.8 Å². The maximum absolute atomic E-state index is 11.7. The van der Waals surface area contributed by atoms with Crippen LogP contribution in [0.5, 0.6) is 0 Å². The van der Waals surface area contributed by atoms with Gasteiger partial charge in [0, 0.05) is 30.8 Å². The first-order chi connectivity index (χ1) is 9.73. The molecule has 0 aliphatic heterocycles. The lowest BCUT2D eigenvalue weighted by Gasteiger charge is -2.19. The zero-order valence-electron chi connectivity index (χ0n) is 14.1. The van der Waals surface area contributed by atoms with Crippen LogP contribution in [0, 0.1) is 5.41 Å². The molecule has 0 aromatic heterocycles. The maximum atomic E-state index is 11.7. The molecule has 0 aliphatic rings. The van der Waals surface area contributed by atoms with E-state index in [1.807, 2.05) is 13.8 Å². The predicted molar refractivity (Wildman–Crippen MR) is 88.6 cm³/mol. The fraction of sp³-hybridized carbons (Fsp3) is 0.533. The van der Waals surface area contributed by atoms with Crippen molar-refractivity contribution in [2.24, 2.45) is 5.41 Å². The van der Waals surface area contributed by atoms with Crippen molar-refractivity contribution in [3.8, 4) is 0 Å². The summed E-state index contributed by atoms with van der Waals surface area (Å²) in [6.45, 7) is 9.38. The van der Waals surface area contributed by atoms with Crippen LogP contribution in [0.3, 0.4) is 0 Å². The van der Waals surface area contributed by atoms with E-state index in [-0.39, 0.29) is 5.91 Å². The summed E-state index contributed by atoms with van der Waals surface area (Å²) in [7, 11) is 1.66. The standard InChI is InChI=1S/C11H16BNO3.C2H6O.C2H6/c1-11(2,3)10(14)13-9-7-5-4-6-8(9)12(15)16;1-3-2;1-2/h4-7,15-16H,1-3H3,(H,13,14);1-2H3;1-2H3. The normalized spacial score (nSPS) is 9.57. The fourth-order valence-corrected chi connectivity index (χ4v) is 1.15. The minimum Gasteiger partial charge on any atom is -0.423 e. The van der Waals surface area contributed by atoms with Gasteiger partial charge in [-0.2, -0.15) is 0 Å². The first-order valence-electron chi connectivity index (χ1n) is 6.90. The lowest BCUT2D eigenvalue weighted by Crippen LogP contribution is -2.36. The molecule has 1 aromatic rings. The molecular formula is C15H28BNO4. The van der Waals surface area contributed by atoms with Gasteiger partial charge in [-0.3, -0.25) is 4.79 Å². The van der Waals surface area contributed by atoms with E-state index in [4.69, 9.17) is 10.0 Å². The third-order valence-corrected chi connectivity index (χ3v) is 2.17. The molecule has 120 valence electrons. The lowest BCUT2D eigenvalue weighted by atomic mass is 9.79. The molecule has 0 heterocycles. The lowest BCUT2D eigenvalue weighted by molar-refractivity contribution is -0.123. The summed E-state index contributed by atoms with van der Waals surface area (Å²) in [4.78, 5) is 11.7. The highest BCUT2D eigenvalue weighted by Crippen LogP contribution is 2.16. The van der Waals surface area contributed by atoms with Crippen molar-refractivity contribution >= 4 is 24.2 Å². The summed E-state index contributed by atoms with van der Waals surface area (Å²) in [5, 5.41) is 20.9. The Labute approximate surface area is 128 Å². The summed E-state index contributed by atoms with van der Waals surface area (Å²) in [5.74, 6) is -0.166. The van der Waals surface area contributed by atoms with Gasteiger partial charge in [-0.05, 0) is 6.07 Å². The van der Waals surface area contributed by atoms with E-state index in [2.05, 4.69) is 10.1 Å². The number of hydrogen-bond acceptors (Lipinski definition) is 4. The molecule has 0 bridgehead atoms. The van der Waals surface area contributed by atoms with E-state index in [0.717, 1.165) is 0 Å².